The third-order valence-electron chi connectivity index (χ3n) is 3.86. The average Bonchev–Trinajstić information content (AvgIpc) is 2.88. The summed E-state index contributed by atoms with van der Waals surface area (Å²) >= 11 is 1.35. The molecule has 2 heterocycles. The minimum Gasteiger partial charge on any atom is -0.309 e. The van der Waals surface area contributed by atoms with Crippen molar-refractivity contribution in [2.24, 2.45) is 0 Å². The van der Waals surface area contributed by atoms with E-state index in [0.717, 1.165) is 34.7 Å². The zero-order valence-electron chi connectivity index (χ0n) is 14.3. The van der Waals surface area contributed by atoms with Crippen LogP contribution in [0.5, 0.6) is 0 Å². The van der Waals surface area contributed by atoms with E-state index in [2.05, 4.69) is 9.97 Å². The lowest BCUT2D eigenvalue weighted by molar-refractivity contribution is -0.121. The van der Waals surface area contributed by atoms with E-state index in [4.69, 9.17) is 0 Å². The fourth-order valence-electron chi connectivity index (χ4n) is 2.38. The van der Waals surface area contributed by atoms with Crippen molar-refractivity contribution in [1.29, 1.82) is 0 Å². The first-order chi connectivity index (χ1) is 12.7. The summed E-state index contributed by atoms with van der Waals surface area (Å²) in [7, 11) is -4.05. The van der Waals surface area contributed by atoms with E-state index >= 15 is 0 Å². The molecular weight excluding hydrogens is 395 g/mol. The average molecular weight is 410 g/mol. The molecule has 0 fully saturated rings. The van der Waals surface area contributed by atoms with Crippen LogP contribution in [-0.2, 0) is 21.2 Å². The Bertz CT molecular complexity index is 1180. The molecule has 8 nitrogen and oxygen atoms in total. The summed E-state index contributed by atoms with van der Waals surface area (Å²) in [4.78, 5) is 34.2. The third kappa shape index (κ3) is 4.04. The Morgan fingerprint density at radius 1 is 1.26 bits per heavy atom. The Morgan fingerprint density at radius 2 is 1.93 bits per heavy atom. The second-order valence-electron chi connectivity index (χ2n) is 5.76. The normalized spacial score (nSPS) is 11.7. The lowest BCUT2D eigenvalue weighted by Crippen LogP contribution is -2.42. The zero-order chi connectivity index (χ0) is 19.8. The van der Waals surface area contributed by atoms with Gasteiger partial charge in [-0.3, -0.25) is 15.0 Å². The molecule has 1 amide bonds. The van der Waals surface area contributed by atoms with Gasteiger partial charge >= 0.3 is 0 Å². The molecule has 0 aliphatic rings. The molecule has 0 aliphatic heterocycles. The van der Waals surface area contributed by atoms with E-state index < -0.39 is 21.7 Å². The highest BCUT2D eigenvalue weighted by Crippen LogP contribution is 2.25. The fourth-order valence-corrected chi connectivity index (χ4v) is 4.29. The van der Waals surface area contributed by atoms with Crippen LogP contribution in [0.15, 0.2) is 34.0 Å². The number of aryl methyl sites for hydroxylation is 2. The third-order valence-corrected chi connectivity index (χ3v) is 6.23. The number of hydrazine groups is 1. The van der Waals surface area contributed by atoms with Crippen molar-refractivity contribution in [2.75, 3.05) is 0 Å². The maximum atomic E-state index is 12.9. The molecule has 0 spiro atoms. The number of carbonyl (C=O) groups excluding carboxylic acids is 1. The summed E-state index contributed by atoms with van der Waals surface area (Å²) in [5.74, 6) is -1.18. The molecule has 1 aromatic carbocycles. The molecule has 0 bridgehead atoms. The van der Waals surface area contributed by atoms with Gasteiger partial charge in [-0.2, -0.15) is 0 Å². The van der Waals surface area contributed by atoms with Crippen LogP contribution in [0.1, 0.15) is 16.3 Å². The number of thiophene rings is 1. The summed E-state index contributed by atoms with van der Waals surface area (Å²) in [5.41, 5.74) is 2.53. The summed E-state index contributed by atoms with van der Waals surface area (Å²) in [6.45, 7) is 3.69. The molecule has 0 radical (unpaired) electrons. The quantitative estimate of drug-likeness (QED) is 0.548. The van der Waals surface area contributed by atoms with Gasteiger partial charge in [0, 0.05) is 4.88 Å². The maximum Gasteiger partial charge on any atom is 0.259 e. The first kappa shape index (κ1) is 19.1. The van der Waals surface area contributed by atoms with E-state index in [1.165, 1.54) is 11.3 Å². The molecule has 0 atom stereocenters. The van der Waals surface area contributed by atoms with Gasteiger partial charge < -0.3 is 4.98 Å². The molecule has 0 saturated carbocycles. The molecule has 142 valence electrons. The standard InChI is InChI=1S/C16H15FN4O4S2/c1-8-9(2)26-16-14(8)15(23)18-12(19-16)7-13(22)20-21-27(24,25)11-5-3-10(17)4-6-11/h3-6,21H,7H2,1-2H3,(H,20,22)(H,18,19,23). The van der Waals surface area contributed by atoms with Crippen molar-refractivity contribution >= 4 is 37.5 Å². The lowest BCUT2D eigenvalue weighted by atomic mass is 10.2. The van der Waals surface area contributed by atoms with Gasteiger partial charge in [0.15, 0.2) is 0 Å². The SMILES string of the molecule is Cc1sc2nc(CC(=O)NNS(=O)(=O)c3ccc(F)cc3)[nH]c(=O)c2c1C. The van der Waals surface area contributed by atoms with Crippen molar-refractivity contribution in [3.8, 4) is 0 Å². The number of hydrogen-bond acceptors (Lipinski definition) is 6. The Balaban J connectivity index is 1.72. The first-order valence-electron chi connectivity index (χ1n) is 7.72. The van der Waals surface area contributed by atoms with Crippen LogP contribution in [0.25, 0.3) is 10.2 Å². The summed E-state index contributed by atoms with van der Waals surface area (Å²) in [5, 5.41) is 0.485. The number of nitrogens with zero attached hydrogens (tertiary/aromatic N) is 1. The number of aromatic amines is 1. The van der Waals surface area contributed by atoms with Crippen LogP contribution in [-0.4, -0.2) is 24.3 Å². The second-order valence-corrected chi connectivity index (χ2v) is 8.65. The predicted molar refractivity (Wildman–Crippen MR) is 98.3 cm³/mol. The summed E-state index contributed by atoms with van der Waals surface area (Å²) in [6, 6.07) is 4.12. The minimum absolute atomic E-state index is 0.118. The van der Waals surface area contributed by atoms with Crippen molar-refractivity contribution in [2.45, 2.75) is 25.2 Å². The maximum absolute atomic E-state index is 12.9. The molecule has 3 aromatic rings. The summed E-state index contributed by atoms with van der Waals surface area (Å²) < 4.78 is 37.0. The summed E-state index contributed by atoms with van der Waals surface area (Å²) in [6.07, 6.45) is -0.326. The van der Waals surface area contributed by atoms with E-state index in [0.29, 0.717) is 10.2 Å². The number of sulfonamides is 1. The van der Waals surface area contributed by atoms with Crippen LogP contribution in [0.4, 0.5) is 4.39 Å². The van der Waals surface area contributed by atoms with Gasteiger partial charge in [0.25, 0.3) is 15.6 Å². The van der Waals surface area contributed by atoms with Crippen molar-refractivity contribution in [3.05, 3.63) is 56.7 Å². The molecule has 27 heavy (non-hydrogen) atoms. The van der Waals surface area contributed by atoms with Crippen molar-refractivity contribution in [1.82, 2.24) is 20.2 Å². The van der Waals surface area contributed by atoms with Crippen LogP contribution < -0.4 is 15.8 Å². The van der Waals surface area contributed by atoms with Gasteiger partial charge in [-0.05, 0) is 43.7 Å². The van der Waals surface area contributed by atoms with Gasteiger partial charge in [-0.1, -0.05) is 0 Å². The topological polar surface area (TPSA) is 121 Å². The number of carbonyl (C=O) groups is 1. The Morgan fingerprint density at radius 3 is 2.59 bits per heavy atom. The number of fused-ring (bicyclic) bond motifs is 1. The second kappa shape index (κ2) is 7.18. The van der Waals surface area contributed by atoms with E-state index in [1.54, 1.807) is 0 Å². The molecule has 0 saturated heterocycles. The van der Waals surface area contributed by atoms with E-state index in [-0.39, 0.29) is 22.7 Å². The number of hydrogen-bond donors (Lipinski definition) is 3. The highest BCUT2D eigenvalue weighted by atomic mass is 32.2. The number of H-pyrrole nitrogens is 1. The fraction of sp³-hybridized carbons (Fsp3) is 0.188. The predicted octanol–water partition coefficient (Wildman–Crippen LogP) is 1.29. The first-order valence-corrected chi connectivity index (χ1v) is 10.0. The minimum atomic E-state index is -4.05. The van der Waals surface area contributed by atoms with Crippen LogP contribution in [0.2, 0.25) is 0 Å². The number of amides is 1. The van der Waals surface area contributed by atoms with Gasteiger partial charge in [0.2, 0.25) is 5.91 Å². The van der Waals surface area contributed by atoms with E-state index in [1.807, 2.05) is 24.1 Å². The number of rotatable bonds is 5. The largest absolute Gasteiger partial charge is 0.309 e. The van der Waals surface area contributed by atoms with Crippen LogP contribution in [0, 0.1) is 19.7 Å². The number of halogens is 1. The molecule has 0 unspecified atom stereocenters. The zero-order valence-corrected chi connectivity index (χ0v) is 15.9. The van der Waals surface area contributed by atoms with Gasteiger partial charge in [-0.15, -0.1) is 16.2 Å². The van der Waals surface area contributed by atoms with Crippen molar-refractivity contribution < 1.29 is 17.6 Å². The number of aromatic nitrogens is 2. The molecule has 3 N–H and O–H groups in total. The van der Waals surface area contributed by atoms with E-state index in [9.17, 15) is 22.4 Å². The Labute approximate surface area is 157 Å². The highest BCUT2D eigenvalue weighted by Gasteiger charge is 2.17. The lowest BCUT2D eigenvalue weighted by Gasteiger charge is -2.08. The molecule has 3 rings (SSSR count). The Kier molecular flexibility index (Phi) is 5.09. The monoisotopic (exact) mass is 410 g/mol. The molecule has 2 aromatic heterocycles. The van der Waals surface area contributed by atoms with Crippen LogP contribution >= 0.6 is 11.3 Å². The van der Waals surface area contributed by atoms with Gasteiger partial charge in [-0.25, -0.2) is 17.8 Å². The van der Waals surface area contributed by atoms with Gasteiger partial charge in [0.1, 0.15) is 16.5 Å². The number of nitrogens with one attached hydrogen (secondary N) is 3. The van der Waals surface area contributed by atoms with Crippen molar-refractivity contribution in [3.63, 3.8) is 0 Å². The smallest absolute Gasteiger partial charge is 0.259 e. The Hall–Kier alpha value is -2.63. The number of benzene rings is 1. The van der Waals surface area contributed by atoms with Gasteiger partial charge in [0.05, 0.1) is 16.7 Å². The molecular formula is C16H15FN4O4S2. The van der Waals surface area contributed by atoms with Crippen LogP contribution in [0.3, 0.4) is 0 Å². The molecule has 11 heteroatoms. The molecule has 0 aliphatic carbocycles. The highest BCUT2D eigenvalue weighted by molar-refractivity contribution is 7.89.